The number of aromatic nitrogens is 4. The summed E-state index contributed by atoms with van der Waals surface area (Å²) >= 11 is 0. The molecule has 0 fully saturated rings. The van der Waals surface area contributed by atoms with Gasteiger partial charge in [0.2, 0.25) is 0 Å². The number of hydrogen-bond acceptors (Lipinski definition) is 4. The van der Waals surface area contributed by atoms with E-state index in [1.807, 2.05) is 43.3 Å². The van der Waals surface area contributed by atoms with E-state index >= 15 is 0 Å². The molecule has 5 rings (SSSR count). The zero-order chi connectivity index (χ0) is 21.0. The van der Waals surface area contributed by atoms with Crippen molar-refractivity contribution in [1.82, 2.24) is 19.9 Å². The molecule has 0 saturated heterocycles. The zero-order valence-electron chi connectivity index (χ0n) is 16.3. The number of imidazole rings is 2. The van der Waals surface area contributed by atoms with Crippen molar-refractivity contribution < 1.29 is 13.0 Å². The van der Waals surface area contributed by atoms with Crippen LogP contribution >= 0.6 is 0 Å². The summed E-state index contributed by atoms with van der Waals surface area (Å²) in [6, 6.07) is 16.9. The Kier molecular flexibility index (Phi) is 4.02. The fourth-order valence-corrected chi connectivity index (χ4v) is 4.73. The van der Waals surface area contributed by atoms with Crippen LogP contribution in [0.2, 0.25) is 0 Å². The molecular weight excluding hydrogens is 400 g/mol. The van der Waals surface area contributed by atoms with Gasteiger partial charge in [-0.3, -0.25) is 4.55 Å². The second-order valence-corrected chi connectivity index (χ2v) is 8.66. The highest BCUT2D eigenvalue weighted by atomic mass is 32.2. The third-order valence-corrected chi connectivity index (χ3v) is 6.20. The maximum absolute atomic E-state index is 11.9. The van der Waals surface area contributed by atoms with Crippen LogP contribution in [-0.4, -0.2) is 32.9 Å². The van der Waals surface area contributed by atoms with E-state index in [0.717, 1.165) is 33.5 Å². The molecule has 0 aliphatic carbocycles. The molecule has 0 atom stereocenters. The van der Waals surface area contributed by atoms with Crippen LogP contribution in [0.15, 0.2) is 59.5 Å². The molecule has 0 amide bonds. The minimum atomic E-state index is -4.39. The maximum Gasteiger partial charge on any atom is 0.295 e. The Morgan fingerprint density at radius 1 is 0.833 bits per heavy atom. The number of nitrogens with zero attached hydrogens (tertiary/aromatic N) is 2. The van der Waals surface area contributed by atoms with E-state index in [4.69, 9.17) is 0 Å². The van der Waals surface area contributed by atoms with Crippen molar-refractivity contribution in [3.05, 3.63) is 66.0 Å². The smallest absolute Gasteiger partial charge is 0.295 e. The Bertz CT molecular complexity index is 1550. The topological polar surface area (TPSA) is 112 Å². The van der Waals surface area contributed by atoms with Crippen molar-refractivity contribution in [2.24, 2.45) is 0 Å². The molecule has 150 valence electrons. The van der Waals surface area contributed by atoms with E-state index in [1.54, 1.807) is 25.1 Å². The van der Waals surface area contributed by atoms with Gasteiger partial charge in [0.1, 0.15) is 16.5 Å². The SMILES string of the molecule is Cc1nc2cc(-c3ccc4nc(-c5cccc(C)c5S(=O)(=O)O)[nH]c4c3)ccc2[nH]1. The Balaban J connectivity index is 1.64. The van der Waals surface area contributed by atoms with Crippen LogP contribution in [0.1, 0.15) is 11.4 Å². The first kappa shape index (κ1) is 18.5. The van der Waals surface area contributed by atoms with Gasteiger partial charge in [-0.05, 0) is 60.9 Å². The van der Waals surface area contributed by atoms with Crippen LogP contribution < -0.4 is 0 Å². The van der Waals surface area contributed by atoms with Gasteiger partial charge in [0.15, 0.2) is 0 Å². The first-order chi connectivity index (χ1) is 14.3. The second kappa shape index (κ2) is 6.51. The van der Waals surface area contributed by atoms with E-state index in [0.29, 0.717) is 22.5 Å². The molecule has 2 heterocycles. The summed E-state index contributed by atoms with van der Waals surface area (Å²) in [5.74, 6) is 1.25. The Morgan fingerprint density at radius 2 is 1.60 bits per heavy atom. The van der Waals surface area contributed by atoms with Crippen molar-refractivity contribution in [1.29, 1.82) is 0 Å². The molecule has 30 heavy (non-hydrogen) atoms. The van der Waals surface area contributed by atoms with Crippen molar-refractivity contribution in [2.45, 2.75) is 18.7 Å². The Hall–Kier alpha value is -3.49. The molecule has 0 radical (unpaired) electrons. The number of benzene rings is 3. The summed E-state index contributed by atoms with van der Waals surface area (Å²) in [6.07, 6.45) is 0. The lowest BCUT2D eigenvalue weighted by molar-refractivity contribution is 0.483. The molecule has 0 aliphatic heterocycles. The van der Waals surface area contributed by atoms with E-state index < -0.39 is 10.1 Å². The summed E-state index contributed by atoms with van der Waals surface area (Å²) in [5.41, 5.74) is 6.14. The number of aromatic amines is 2. The largest absolute Gasteiger partial charge is 0.342 e. The minimum absolute atomic E-state index is 0.136. The molecule has 3 N–H and O–H groups in total. The second-order valence-electron chi connectivity index (χ2n) is 7.30. The Morgan fingerprint density at radius 3 is 2.40 bits per heavy atom. The third kappa shape index (κ3) is 3.06. The predicted molar refractivity (Wildman–Crippen MR) is 116 cm³/mol. The van der Waals surface area contributed by atoms with E-state index in [2.05, 4.69) is 19.9 Å². The first-order valence-corrected chi connectivity index (χ1v) is 10.8. The van der Waals surface area contributed by atoms with Crippen LogP contribution in [0.25, 0.3) is 44.6 Å². The molecule has 0 bridgehead atoms. The number of nitrogens with one attached hydrogen (secondary N) is 2. The fourth-order valence-electron chi connectivity index (χ4n) is 3.81. The van der Waals surface area contributed by atoms with E-state index in [9.17, 15) is 13.0 Å². The molecule has 5 aromatic rings. The fraction of sp³-hybridized carbons (Fsp3) is 0.0909. The van der Waals surface area contributed by atoms with Gasteiger partial charge in [-0.15, -0.1) is 0 Å². The van der Waals surface area contributed by atoms with Gasteiger partial charge in [0.05, 0.1) is 22.1 Å². The van der Waals surface area contributed by atoms with Gasteiger partial charge in [-0.2, -0.15) is 8.42 Å². The van der Waals surface area contributed by atoms with Gasteiger partial charge in [0, 0.05) is 5.56 Å². The molecule has 2 aromatic heterocycles. The number of aryl methyl sites for hydroxylation is 2. The zero-order valence-corrected chi connectivity index (χ0v) is 17.1. The van der Waals surface area contributed by atoms with Gasteiger partial charge in [-0.25, -0.2) is 9.97 Å². The summed E-state index contributed by atoms with van der Waals surface area (Å²) in [6.45, 7) is 3.56. The molecule has 0 spiro atoms. The van der Waals surface area contributed by atoms with E-state index in [-0.39, 0.29) is 4.90 Å². The van der Waals surface area contributed by atoms with Gasteiger partial charge >= 0.3 is 0 Å². The highest BCUT2D eigenvalue weighted by Crippen LogP contribution is 2.31. The van der Waals surface area contributed by atoms with Crippen LogP contribution in [0.4, 0.5) is 0 Å². The lowest BCUT2D eigenvalue weighted by Crippen LogP contribution is -2.04. The van der Waals surface area contributed by atoms with Gasteiger partial charge < -0.3 is 9.97 Å². The lowest BCUT2D eigenvalue weighted by atomic mass is 10.0. The van der Waals surface area contributed by atoms with Gasteiger partial charge in [-0.1, -0.05) is 24.3 Å². The Labute approximate surface area is 172 Å². The van der Waals surface area contributed by atoms with Crippen molar-refractivity contribution in [3.8, 4) is 22.5 Å². The van der Waals surface area contributed by atoms with Crippen LogP contribution in [0, 0.1) is 13.8 Å². The van der Waals surface area contributed by atoms with Crippen LogP contribution in [0.5, 0.6) is 0 Å². The normalized spacial score (nSPS) is 12.1. The maximum atomic E-state index is 11.9. The van der Waals surface area contributed by atoms with E-state index in [1.165, 1.54) is 0 Å². The summed E-state index contributed by atoms with van der Waals surface area (Å²) in [4.78, 5) is 15.3. The molecule has 0 aliphatic rings. The molecule has 0 unspecified atom stereocenters. The number of fused-ring (bicyclic) bond motifs is 2. The van der Waals surface area contributed by atoms with Crippen molar-refractivity contribution >= 4 is 32.2 Å². The highest BCUT2D eigenvalue weighted by Gasteiger charge is 2.21. The number of hydrogen-bond donors (Lipinski definition) is 3. The lowest BCUT2D eigenvalue weighted by Gasteiger charge is -2.07. The quantitative estimate of drug-likeness (QED) is 0.370. The molecule has 7 nitrogen and oxygen atoms in total. The summed E-state index contributed by atoms with van der Waals surface area (Å²) < 4.78 is 33.5. The standard InChI is InChI=1S/C22H18N4O3S/c1-12-4-3-5-16(21(12)30(27,28)29)22-25-18-9-7-15(11-20(18)26-22)14-6-8-17-19(10-14)24-13(2)23-17/h3-11H,1-2H3,(H,23,24)(H,25,26)(H,27,28,29). The van der Waals surface area contributed by atoms with Gasteiger partial charge in [0.25, 0.3) is 10.1 Å². The molecule has 0 saturated carbocycles. The molecule has 8 heteroatoms. The van der Waals surface area contributed by atoms with Crippen molar-refractivity contribution in [2.75, 3.05) is 0 Å². The van der Waals surface area contributed by atoms with Crippen molar-refractivity contribution in [3.63, 3.8) is 0 Å². The average molecular weight is 418 g/mol. The summed E-state index contributed by atoms with van der Waals surface area (Å²) in [5, 5.41) is 0. The monoisotopic (exact) mass is 418 g/mol. The average Bonchev–Trinajstić information content (AvgIpc) is 3.27. The summed E-state index contributed by atoms with van der Waals surface area (Å²) in [7, 11) is -4.39. The minimum Gasteiger partial charge on any atom is -0.342 e. The predicted octanol–water partition coefficient (Wildman–Crippen LogP) is 4.64. The number of H-pyrrole nitrogens is 2. The van der Waals surface area contributed by atoms with Crippen LogP contribution in [-0.2, 0) is 10.1 Å². The molecule has 3 aromatic carbocycles. The first-order valence-electron chi connectivity index (χ1n) is 9.33. The molecular formula is C22H18N4O3S. The van der Waals surface area contributed by atoms with Crippen LogP contribution in [0.3, 0.4) is 0 Å². The third-order valence-electron chi connectivity index (χ3n) is 5.14. The highest BCUT2D eigenvalue weighted by molar-refractivity contribution is 7.86. The number of rotatable bonds is 3.